The summed E-state index contributed by atoms with van der Waals surface area (Å²) in [5.41, 5.74) is 1.09. The number of hydrogen-bond acceptors (Lipinski definition) is 3. The van der Waals surface area contributed by atoms with Crippen LogP contribution in [0, 0.1) is 12.7 Å². The van der Waals surface area contributed by atoms with Crippen LogP contribution >= 0.6 is 11.8 Å². The van der Waals surface area contributed by atoms with Crippen molar-refractivity contribution >= 4 is 23.4 Å². The number of aryl methyl sites for hydroxylation is 1. The van der Waals surface area contributed by atoms with E-state index in [0.29, 0.717) is 17.0 Å². The third kappa shape index (κ3) is 5.51. The molecule has 0 saturated carbocycles. The van der Waals surface area contributed by atoms with Crippen molar-refractivity contribution in [1.82, 2.24) is 4.90 Å². The smallest absolute Gasteiger partial charge is 0.234 e. The summed E-state index contributed by atoms with van der Waals surface area (Å²) in [6.07, 6.45) is 0. The van der Waals surface area contributed by atoms with Gasteiger partial charge in [0, 0.05) is 18.0 Å². The summed E-state index contributed by atoms with van der Waals surface area (Å²) in [6, 6.07) is 4.71. The maximum absolute atomic E-state index is 13.3. The summed E-state index contributed by atoms with van der Waals surface area (Å²) in [6.45, 7) is 2.63. The summed E-state index contributed by atoms with van der Waals surface area (Å²) in [5, 5.41) is 2.68. The molecule has 0 fully saturated rings. The minimum absolute atomic E-state index is 0.0954. The molecule has 1 aromatic carbocycles. The topological polar surface area (TPSA) is 32.3 Å². The summed E-state index contributed by atoms with van der Waals surface area (Å²) in [5.74, 6) is 0.904. The molecule has 0 spiro atoms. The van der Waals surface area contributed by atoms with Crippen molar-refractivity contribution in [3.05, 3.63) is 29.6 Å². The fraction of sp³-hybridized carbons (Fsp3) is 0.462. The zero-order valence-corrected chi connectivity index (χ0v) is 11.8. The van der Waals surface area contributed by atoms with Crippen molar-refractivity contribution in [3.63, 3.8) is 0 Å². The fourth-order valence-corrected chi connectivity index (χ4v) is 2.18. The van der Waals surface area contributed by atoms with Crippen LogP contribution in [0.2, 0.25) is 0 Å². The standard InChI is InChI=1S/C13H19FN2OS/c1-10-4-5-11(8-12(10)14)15-13(17)9-18-7-6-16(2)3/h4-5,8H,6-7,9H2,1-3H3,(H,15,17). The number of nitrogens with one attached hydrogen (secondary N) is 1. The molecule has 0 aliphatic carbocycles. The number of carbonyl (C=O) groups is 1. The lowest BCUT2D eigenvalue weighted by Crippen LogP contribution is -2.18. The van der Waals surface area contributed by atoms with Gasteiger partial charge in [-0.05, 0) is 38.7 Å². The summed E-state index contributed by atoms with van der Waals surface area (Å²) >= 11 is 1.57. The average molecular weight is 270 g/mol. The Morgan fingerprint density at radius 1 is 1.44 bits per heavy atom. The molecule has 0 aliphatic heterocycles. The predicted molar refractivity (Wildman–Crippen MR) is 75.6 cm³/mol. The van der Waals surface area contributed by atoms with Crippen molar-refractivity contribution in [1.29, 1.82) is 0 Å². The number of benzene rings is 1. The Kier molecular flexibility index (Phi) is 6.15. The van der Waals surface area contributed by atoms with E-state index in [9.17, 15) is 9.18 Å². The highest BCUT2D eigenvalue weighted by Crippen LogP contribution is 2.14. The van der Waals surface area contributed by atoms with Gasteiger partial charge in [0.05, 0.1) is 5.75 Å². The Morgan fingerprint density at radius 3 is 2.78 bits per heavy atom. The number of rotatable bonds is 6. The van der Waals surface area contributed by atoms with Gasteiger partial charge < -0.3 is 10.2 Å². The molecule has 1 aromatic rings. The number of nitrogens with zero attached hydrogens (tertiary/aromatic N) is 1. The molecule has 3 nitrogen and oxygen atoms in total. The molecule has 0 heterocycles. The van der Waals surface area contributed by atoms with Crippen molar-refractivity contribution in [2.75, 3.05) is 37.5 Å². The number of carbonyl (C=O) groups excluding carboxylic acids is 1. The SMILES string of the molecule is Cc1ccc(NC(=O)CSCCN(C)C)cc1F. The summed E-state index contributed by atoms with van der Waals surface area (Å²) in [4.78, 5) is 13.7. The van der Waals surface area contributed by atoms with Crippen molar-refractivity contribution in [3.8, 4) is 0 Å². The molecule has 1 N–H and O–H groups in total. The Balaban J connectivity index is 2.33. The lowest BCUT2D eigenvalue weighted by molar-refractivity contribution is -0.113. The van der Waals surface area contributed by atoms with Gasteiger partial charge in [0.2, 0.25) is 5.91 Å². The van der Waals surface area contributed by atoms with E-state index in [1.54, 1.807) is 30.8 Å². The minimum Gasteiger partial charge on any atom is -0.325 e. The van der Waals surface area contributed by atoms with Gasteiger partial charge in [-0.3, -0.25) is 4.79 Å². The quantitative estimate of drug-likeness (QED) is 0.805. The molecule has 0 aromatic heterocycles. The Labute approximate surface area is 112 Å². The first-order valence-electron chi connectivity index (χ1n) is 5.77. The number of thioether (sulfide) groups is 1. The van der Waals surface area contributed by atoms with E-state index in [1.165, 1.54) is 6.07 Å². The van der Waals surface area contributed by atoms with Gasteiger partial charge in [-0.1, -0.05) is 6.07 Å². The first-order chi connectivity index (χ1) is 8.49. The molecule has 0 aliphatic rings. The molecule has 18 heavy (non-hydrogen) atoms. The van der Waals surface area contributed by atoms with E-state index in [1.807, 2.05) is 14.1 Å². The molecule has 0 radical (unpaired) electrons. The van der Waals surface area contributed by atoms with E-state index in [-0.39, 0.29) is 11.7 Å². The number of amides is 1. The lowest BCUT2D eigenvalue weighted by atomic mass is 10.2. The molecule has 0 unspecified atom stereocenters. The van der Waals surface area contributed by atoms with Crippen LogP contribution in [0.5, 0.6) is 0 Å². The van der Waals surface area contributed by atoms with Crippen molar-refractivity contribution in [2.24, 2.45) is 0 Å². The third-order valence-corrected chi connectivity index (χ3v) is 3.31. The monoisotopic (exact) mass is 270 g/mol. The zero-order chi connectivity index (χ0) is 13.5. The molecule has 0 atom stereocenters. The fourth-order valence-electron chi connectivity index (χ4n) is 1.28. The Bertz CT molecular complexity index is 410. The summed E-state index contributed by atoms with van der Waals surface area (Å²) in [7, 11) is 3.99. The largest absolute Gasteiger partial charge is 0.325 e. The highest BCUT2D eigenvalue weighted by Gasteiger charge is 2.04. The number of halogens is 1. The second kappa shape index (κ2) is 7.38. The van der Waals surface area contributed by atoms with Gasteiger partial charge in [0.25, 0.3) is 0 Å². The molecule has 0 saturated heterocycles. The minimum atomic E-state index is -0.298. The van der Waals surface area contributed by atoms with Gasteiger partial charge in [-0.2, -0.15) is 11.8 Å². The van der Waals surface area contributed by atoms with Crippen LogP contribution in [0.25, 0.3) is 0 Å². The maximum atomic E-state index is 13.3. The average Bonchev–Trinajstić information content (AvgIpc) is 2.29. The highest BCUT2D eigenvalue weighted by molar-refractivity contribution is 7.99. The van der Waals surface area contributed by atoms with Gasteiger partial charge in [-0.15, -0.1) is 0 Å². The number of anilines is 1. The predicted octanol–water partition coefficient (Wildman–Crippen LogP) is 2.37. The first-order valence-corrected chi connectivity index (χ1v) is 6.93. The van der Waals surface area contributed by atoms with Gasteiger partial charge in [0.15, 0.2) is 0 Å². The number of hydrogen-bond donors (Lipinski definition) is 1. The van der Waals surface area contributed by atoms with Crippen LogP contribution in [0.1, 0.15) is 5.56 Å². The van der Waals surface area contributed by atoms with Gasteiger partial charge in [-0.25, -0.2) is 4.39 Å². The van der Waals surface area contributed by atoms with Crippen molar-refractivity contribution in [2.45, 2.75) is 6.92 Å². The van der Waals surface area contributed by atoms with Gasteiger partial charge >= 0.3 is 0 Å². The van der Waals surface area contributed by atoms with Crippen molar-refractivity contribution < 1.29 is 9.18 Å². The third-order valence-electron chi connectivity index (χ3n) is 2.37. The normalized spacial score (nSPS) is 10.7. The molecular formula is C13H19FN2OS. The highest BCUT2D eigenvalue weighted by atomic mass is 32.2. The molecule has 0 bridgehead atoms. The van der Waals surface area contributed by atoms with E-state index >= 15 is 0 Å². The molecule has 100 valence electrons. The Hall–Kier alpha value is -1.07. The molecule has 1 amide bonds. The van der Waals surface area contributed by atoms with Crippen LogP contribution in [0.3, 0.4) is 0 Å². The van der Waals surface area contributed by atoms with Crippen LogP contribution < -0.4 is 5.32 Å². The zero-order valence-electron chi connectivity index (χ0n) is 11.0. The second-order valence-electron chi connectivity index (χ2n) is 4.37. The molecule has 1 rings (SSSR count). The van der Waals surface area contributed by atoms with E-state index in [2.05, 4.69) is 10.2 Å². The van der Waals surface area contributed by atoms with Crippen LogP contribution in [-0.2, 0) is 4.79 Å². The van der Waals surface area contributed by atoms with E-state index < -0.39 is 0 Å². The first kappa shape index (κ1) is 15.0. The van der Waals surface area contributed by atoms with E-state index in [0.717, 1.165) is 12.3 Å². The second-order valence-corrected chi connectivity index (χ2v) is 5.47. The van der Waals surface area contributed by atoms with Crippen LogP contribution in [0.4, 0.5) is 10.1 Å². The van der Waals surface area contributed by atoms with E-state index in [4.69, 9.17) is 0 Å². The maximum Gasteiger partial charge on any atom is 0.234 e. The summed E-state index contributed by atoms with van der Waals surface area (Å²) < 4.78 is 13.3. The van der Waals surface area contributed by atoms with Gasteiger partial charge in [0.1, 0.15) is 5.82 Å². The Morgan fingerprint density at radius 2 is 2.17 bits per heavy atom. The van der Waals surface area contributed by atoms with Crippen LogP contribution in [0.15, 0.2) is 18.2 Å². The molecular weight excluding hydrogens is 251 g/mol. The van der Waals surface area contributed by atoms with Crippen LogP contribution in [-0.4, -0.2) is 43.0 Å². The lowest BCUT2D eigenvalue weighted by Gasteiger charge is -2.09. The molecule has 5 heteroatoms.